The average molecular weight is 586 g/mol. The molecule has 0 saturated carbocycles. The smallest absolute Gasteiger partial charge is 0.407 e. The number of thiazole rings is 1. The molecule has 12 heteroatoms. The van der Waals surface area contributed by atoms with Gasteiger partial charge >= 0.3 is 16.4 Å². The fourth-order valence-electron chi connectivity index (χ4n) is 4.09. The van der Waals surface area contributed by atoms with Crippen LogP contribution in [-0.2, 0) is 32.7 Å². The number of Topliss-reactive ketones (excluding diaryl/α,β-unsaturated/α-hetero) is 1. The molecule has 204 valence electrons. The van der Waals surface area contributed by atoms with Gasteiger partial charge in [-0.2, -0.15) is 8.42 Å². The summed E-state index contributed by atoms with van der Waals surface area (Å²) in [5, 5.41) is 7.46. The SMILES string of the molecule is COC(=O)N[C@@H](Cc1ccccc1)C(=O)C[C@@H](Cc1ccc(NS(=O)(=O)O)cc1)c1csc(-c2cccs2)n1. The molecule has 0 unspecified atom stereocenters. The summed E-state index contributed by atoms with van der Waals surface area (Å²) in [6.45, 7) is 0. The van der Waals surface area contributed by atoms with Crippen LogP contribution in [0, 0.1) is 0 Å². The third kappa shape index (κ3) is 8.45. The molecule has 0 radical (unpaired) electrons. The second kappa shape index (κ2) is 13.0. The Labute approximate surface area is 234 Å². The zero-order valence-electron chi connectivity index (χ0n) is 20.9. The highest BCUT2D eigenvalue weighted by Crippen LogP contribution is 2.33. The molecule has 2 atom stereocenters. The van der Waals surface area contributed by atoms with E-state index in [2.05, 4.69) is 5.32 Å². The standard InChI is InChI=1S/C27H27N3O6S3/c1-36-27(32)29-22(15-18-6-3-2-4-7-18)24(31)16-20(23-17-38-26(28-23)25-8-5-13-37-25)14-19-9-11-21(12-10-19)30-39(33,34)35/h2-13,17,20,22,30H,14-16H2,1H3,(H,29,32)(H,33,34,35)/t20-,22+/m1/s1. The molecule has 0 aliphatic heterocycles. The molecule has 2 heterocycles. The highest BCUT2D eigenvalue weighted by molar-refractivity contribution is 7.87. The average Bonchev–Trinajstić information content (AvgIpc) is 3.61. The Kier molecular flexibility index (Phi) is 9.46. The number of aromatic nitrogens is 1. The molecule has 1 amide bonds. The molecular formula is C27H27N3O6S3. The number of nitrogens with one attached hydrogen (secondary N) is 2. The first-order valence-electron chi connectivity index (χ1n) is 11.9. The molecule has 4 aromatic rings. The lowest BCUT2D eigenvalue weighted by Crippen LogP contribution is -2.43. The predicted octanol–water partition coefficient (Wildman–Crippen LogP) is 5.34. The predicted molar refractivity (Wildman–Crippen MR) is 153 cm³/mol. The quantitative estimate of drug-likeness (QED) is 0.191. The van der Waals surface area contributed by atoms with E-state index in [4.69, 9.17) is 14.3 Å². The van der Waals surface area contributed by atoms with E-state index >= 15 is 0 Å². The Morgan fingerprint density at radius 3 is 2.33 bits per heavy atom. The summed E-state index contributed by atoms with van der Waals surface area (Å²) in [5.41, 5.74) is 2.72. The second-order valence-electron chi connectivity index (χ2n) is 8.78. The third-order valence-electron chi connectivity index (χ3n) is 5.95. The zero-order chi connectivity index (χ0) is 27.8. The Morgan fingerprint density at radius 2 is 1.69 bits per heavy atom. The fraction of sp³-hybridized carbons (Fsp3) is 0.222. The molecule has 3 N–H and O–H groups in total. The lowest BCUT2D eigenvalue weighted by Gasteiger charge is -2.21. The van der Waals surface area contributed by atoms with Crippen LogP contribution in [0.15, 0.2) is 77.5 Å². The van der Waals surface area contributed by atoms with Gasteiger partial charge in [-0.15, -0.1) is 22.7 Å². The van der Waals surface area contributed by atoms with Crippen molar-refractivity contribution < 1.29 is 27.3 Å². The van der Waals surface area contributed by atoms with Crippen LogP contribution in [0.2, 0.25) is 0 Å². The second-order valence-corrected chi connectivity index (χ2v) is 11.7. The van der Waals surface area contributed by atoms with E-state index in [9.17, 15) is 18.0 Å². The molecule has 4 rings (SSSR count). The number of ketones is 1. The molecule has 39 heavy (non-hydrogen) atoms. The summed E-state index contributed by atoms with van der Waals surface area (Å²) in [4.78, 5) is 31.6. The number of ether oxygens (including phenoxy) is 1. The van der Waals surface area contributed by atoms with Crippen LogP contribution < -0.4 is 10.0 Å². The first kappa shape index (κ1) is 28.4. The maximum absolute atomic E-state index is 13.6. The van der Waals surface area contributed by atoms with Crippen LogP contribution in [0.5, 0.6) is 0 Å². The summed E-state index contributed by atoms with van der Waals surface area (Å²) in [6.07, 6.45) is 0.188. The number of hydrogen-bond donors (Lipinski definition) is 3. The number of carbonyl (C=O) groups is 2. The van der Waals surface area contributed by atoms with Crippen molar-refractivity contribution in [2.75, 3.05) is 11.8 Å². The lowest BCUT2D eigenvalue weighted by molar-refractivity contribution is -0.121. The Bertz CT molecular complexity index is 1490. The van der Waals surface area contributed by atoms with Gasteiger partial charge in [0.1, 0.15) is 5.01 Å². The highest BCUT2D eigenvalue weighted by Gasteiger charge is 2.27. The van der Waals surface area contributed by atoms with Gasteiger partial charge in [-0.1, -0.05) is 48.5 Å². The van der Waals surface area contributed by atoms with E-state index in [0.717, 1.165) is 26.7 Å². The Morgan fingerprint density at radius 1 is 0.974 bits per heavy atom. The zero-order valence-corrected chi connectivity index (χ0v) is 23.4. The molecule has 0 spiro atoms. The molecule has 2 aromatic heterocycles. The van der Waals surface area contributed by atoms with Gasteiger partial charge in [0.25, 0.3) is 0 Å². The van der Waals surface area contributed by atoms with Crippen LogP contribution in [-0.4, -0.2) is 43.0 Å². The van der Waals surface area contributed by atoms with Crippen molar-refractivity contribution in [3.63, 3.8) is 0 Å². The van der Waals surface area contributed by atoms with Crippen molar-refractivity contribution in [3.8, 4) is 9.88 Å². The van der Waals surface area contributed by atoms with Gasteiger partial charge in [0.05, 0.1) is 29.4 Å². The summed E-state index contributed by atoms with van der Waals surface area (Å²) in [7, 11) is -3.13. The molecule has 0 fully saturated rings. The number of methoxy groups -OCH3 is 1. The van der Waals surface area contributed by atoms with Gasteiger partial charge in [-0.05, 0) is 47.5 Å². The third-order valence-corrected chi connectivity index (χ3v) is 8.34. The number of hydrogen-bond acceptors (Lipinski definition) is 8. The van der Waals surface area contributed by atoms with Crippen molar-refractivity contribution in [1.82, 2.24) is 10.3 Å². The van der Waals surface area contributed by atoms with E-state index in [0.29, 0.717) is 12.8 Å². The number of alkyl carbamates (subject to hydrolysis) is 1. The Balaban J connectivity index is 1.59. The van der Waals surface area contributed by atoms with Crippen molar-refractivity contribution in [1.29, 1.82) is 0 Å². The van der Waals surface area contributed by atoms with Crippen LogP contribution in [0.25, 0.3) is 9.88 Å². The fourth-order valence-corrected chi connectivity index (χ4v) is 6.24. The highest BCUT2D eigenvalue weighted by atomic mass is 32.2. The number of nitrogens with zero attached hydrogens (tertiary/aromatic N) is 1. The monoisotopic (exact) mass is 585 g/mol. The van der Waals surface area contributed by atoms with Crippen LogP contribution in [0.1, 0.15) is 29.2 Å². The number of amides is 1. The van der Waals surface area contributed by atoms with Crippen molar-refractivity contribution in [2.24, 2.45) is 0 Å². The molecule has 0 aliphatic rings. The van der Waals surface area contributed by atoms with E-state index in [1.807, 2.05) is 57.9 Å². The van der Waals surface area contributed by atoms with Crippen LogP contribution >= 0.6 is 22.7 Å². The summed E-state index contributed by atoms with van der Waals surface area (Å²) < 4.78 is 38.1. The Hall–Kier alpha value is -3.58. The van der Waals surface area contributed by atoms with E-state index in [1.54, 1.807) is 23.5 Å². The van der Waals surface area contributed by atoms with Crippen molar-refractivity contribution in [3.05, 3.63) is 94.3 Å². The van der Waals surface area contributed by atoms with Crippen molar-refractivity contribution in [2.45, 2.75) is 31.2 Å². The first-order chi connectivity index (χ1) is 18.7. The van der Waals surface area contributed by atoms with Crippen LogP contribution in [0.4, 0.5) is 10.5 Å². The minimum absolute atomic E-state index is 0.111. The number of rotatable bonds is 12. The molecular weight excluding hydrogens is 559 g/mol. The van der Waals surface area contributed by atoms with Gasteiger partial charge < -0.3 is 10.1 Å². The maximum atomic E-state index is 13.6. The number of benzene rings is 2. The van der Waals surface area contributed by atoms with Gasteiger partial charge in [0.15, 0.2) is 5.78 Å². The topological polar surface area (TPSA) is 135 Å². The summed E-state index contributed by atoms with van der Waals surface area (Å²) in [6, 6.07) is 19.1. The van der Waals surface area contributed by atoms with Crippen LogP contribution in [0.3, 0.4) is 0 Å². The van der Waals surface area contributed by atoms with E-state index in [1.165, 1.54) is 30.6 Å². The summed E-state index contributed by atoms with van der Waals surface area (Å²) >= 11 is 3.08. The molecule has 0 bridgehead atoms. The number of thiophene rings is 1. The van der Waals surface area contributed by atoms with Gasteiger partial charge in [0.2, 0.25) is 0 Å². The first-order valence-corrected chi connectivity index (χ1v) is 15.1. The molecule has 0 aliphatic carbocycles. The number of anilines is 1. The van der Waals surface area contributed by atoms with Gasteiger partial charge in [-0.25, -0.2) is 9.78 Å². The lowest BCUT2D eigenvalue weighted by atomic mass is 9.88. The van der Waals surface area contributed by atoms with Gasteiger partial charge in [0, 0.05) is 17.7 Å². The van der Waals surface area contributed by atoms with E-state index in [-0.39, 0.29) is 23.8 Å². The number of carbonyl (C=O) groups excluding carboxylic acids is 2. The maximum Gasteiger partial charge on any atom is 0.407 e. The molecule has 2 aromatic carbocycles. The molecule has 0 saturated heterocycles. The van der Waals surface area contributed by atoms with Crippen molar-refractivity contribution >= 4 is 50.5 Å². The van der Waals surface area contributed by atoms with Gasteiger partial charge in [-0.3, -0.25) is 14.1 Å². The normalized spacial score (nSPS) is 12.9. The molecule has 9 nitrogen and oxygen atoms in total. The summed E-state index contributed by atoms with van der Waals surface area (Å²) in [5.74, 6) is -0.467. The minimum atomic E-state index is -4.39. The largest absolute Gasteiger partial charge is 0.453 e. The minimum Gasteiger partial charge on any atom is -0.453 e. The van der Waals surface area contributed by atoms with E-state index < -0.39 is 22.4 Å².